The van der Waals surface area contributed by atoms with E-state index in [-0.39, 0.29) is 11.9 Å². The van der Waals surface area contributed by atoms with Crippen molar-refractivity contribution in [1.82, 2.24) is 15.5 Å². The minimum absolute atomic E-state index is 0.224. The van der Waals surface area contributed by atoms with Crippen molar-refractivity contribution in [3.05, 3.63) is 35.6 Å². The number of aliphatic imine (C=N–C) groups is 1. The van der Waals surface area contributed by atoms with E-state index in [9.17, 15) is 9.18 Å². The highest BCUT2D eigenvalue weighted by atomic mass is 19.1. The smallest absolute Gasteiger partial charge is 0.410 e. The lowest BCUT2D eigenvalue weighted by Crippen LogP contribution is -2.44. The Balaban J connectivity index is 1.72. The minimum atomic E-state index is -0.467. The number of hydrogen-bond donors (Lipinski definition) is 2. The van der Waals surface area contributed by atoms with Crippen molar-refractivity contribution in [2.45, 2.75) is 52.2 Å². The van der Waals surface area contributed by atoms with Crippen LogP contribution in [-0.4, -0.2) is 49.2 Å². The van der Waals surface area contributed by atoms with Gasteiger partial charge >= 0.3 is 6.09 Å². The Labute approximate surface area is 167 Å². The fourth-order valence-electron chi connectivity index (χ4n) is 3.24. The molecule has 1 atom stereocenters. The van der Waals surface area contributed by atoms with E-state index in [0.717, 1.165) is 44.5 Å². The standard InChI is InChI=1S/C21H33FN4O2/c1-21(2,3)28-20(27)26-12-6-8-16(15-26)10-11-24-19(23-4)25-14-17-7-5-9-18(22)13-17/h5,7,9,13,16H,6,8,10-12,14-15H2,1-4H3,(H2,23,24,25). The summed E-state index contributed by atoms with van der Waals surface area (Å²) in [5.74, 6) is 0.883. The zero-order valence-electron chi connectivity index (χ0n) is 17.4. The first-order valence-electron chi connectivity index (χ1n) is 9.94. The molecule has 1 aromatic rings. The third kappa shape index (κ3) is 7.74. The van der Waals surface area contributed by atoms with E-state index in [1.54, 1.807) is 13.1 Å². The molecule has 1 unspecified atom stereocenters. The number of hydrogen-bond acceptors (Lipinski definition) is 3. The number of carbonyl (C=O) groups excluding carboxylic acids is 1. The minimum Gasteiger partial charge on any atom is -0.444 e. The van der Waals surface area contributed by atoms with E-state index in [0.29, 0.717) is 18.4 Å². The number of benzene rings is 1. The molecule has 7 heteroatoms. The summed E-state index contributed by atoms with van der Waals surface area (Å²) in [4.78, 5) is 18.3. The molecule has 0 aromatic heterocycles. The van der Waals surface area contributed by atoms with E-state index in [1.165, 1.54) is 12.1 Å². The van der Waals surface area contributed by atoms with Gasteiger partial charge in [0.05, 0.1) is 0 Å². The number of ether oxygens (including phenoxy) is 1. The summed E-state index contributed by atoms with van der Waals surface area (Å²) in [5, 5.41) is 6.49. The van der Waals surface area contributed by atoms with Gasteiger partial charge < -0.3 is 20.3 Å². The van der Waals surface area contributed by atoms with Gasteiger partial charge in [0.25, 0.3) is 0 Å². The maximum absolute atomic E-state index is 13.3. The molecule has 0 bridgehead atoms. The van der Waals surface area contributed by atoms with Crippen molar-refractivity contribution in [3.8, 4) is 0 Å². The third-order valence-corrected chi connectivity index (χ3v) is 4.59. The Bertz CT molecular complexity index is 673. The molecule has 6 nitrogen and oxygen atoms in total. The van der Waals surface area contributed by atoms with Gasteiger partial charge in [0, 0.05) is 33.2 Å². The van der Waals surface area contributed by atoms with Crippen LogP contribution in [0.25, 0.3) is 0 Å². The highest BCUT2D eigenvalue weighted by molar-refractivity contribution is 5.79. The molecule has 1 aliphatic heterocycles. The van der Waals surface area contributed by atoms with Crippen LogP contribution in [0.2, 0.25) is 0 Å². The number of amides is 1. The molecule has 1 saturated heterocycles. The van der Waals surface area contributed by atoms with E-state index in [2.05, 4.69) is 15.6 Å². The molecular formula is C21H33FN4O2. The highest BCUT2D eigenvalue weighted by Crippen LogP contribution is 2.21. The normalized spacial score (nSPS) is 18.0. The van der Waals surface area contributed by atoms with Crippen molar-refractivity contribution >= 4 is 12.1 Å². The molecule has 0 saturated carbocycles. The molecule has 2 rings (SSSR count). The summed E-state index contributed by atoms with van der Waals surface area (Å²) >= 11 is 0. The second-order valence-electron chi connectivity index (χ2n) is 8.21. The average molecular weight is 393 g/mol. The summed E-state index contributed by atoms with van der Waals surface area (Å²) in [6, 6.07) is 6.51. The molecule has 0 spiro atoms. The second-order valence-corrected chi connectivity index (χ2v) is 8.21. The van der Waals surface area contributed by atoms with E-state index in [4.69, 9.17) is 4.74 Å². The second kappa shape index (κ2) is 10.3. The quantitative estimate of drug-likeness (QED) is 0.594. The molecule has 0 aliphatic carbocycles. The SMILES string of the molecule is CN=C(NCCC1CCCN(C(=O)OC(C)(C)C)C1)NCc1cccc(F)c1. The lowest BCUT2D eigenvalue weighted by atomic mass is 9.95. The van der Waals surface area contributed by atoms with Crippen molar-refractivity contribution in [2.75, 3.05) is 26.7 Å². The predicted molar refractivity (Wildman–Crippen MR) is 110 cm³/mol. The maximum Gasteiger partial charge on any atom is 0.410 e. The number of nitrogens with zero attached hydrogens (tertiary/aromatic N) is 2. The average Bonchev–Trinajstić information content (AvgIpc) is 2.63. The summed E-state index contributed by atoms with van der Waals surface area (Å²) in [5.41, 5.74) is 0.397. The van der Waals surface area contributed by atoms with Crippen LogP contribution in [0.5, 0.6) is 0 Å². The largest absolute Gasteiger partial charge is 0.444 e. The Kier molecular flexibility index (Phi) is 8.08. The maximum atomic E-state index is 13.3. The highest BCUT2D eigenvalue weighted by Gasteiger charge is 2.27. The van der Waals surface area contributed by atoms with Crippen LogP contribution in [0.3, 0.4) is 0 Å². The van der Waals surface area contributed by atoms with Crippen LogP contribution in [0, 0.1) is 11.7 Å². The number of rotatable bonds is 5. The summed E-state index contributed by atoms with van der Waals surface area (Å²) in [6.07, 6.45) is 2.82. The number of guanidine groups is 1. The Morgan fingerprint density at radius 2 is 2.14 bits per heavy atom. The van der Waals surface area contributed by atoms with E-state index >= 15 is 0 Å². The lowest BCUT2D eigenvalue weighted by Gasteiger charge is -2.34. The van der Waals surface area contributed by atoms with Crippen molar-refractivity contribution < 1.29 is 13.9 Å². The van der Waals surface area contributed by atoms with Gasteiger partial charge in [0.1, 0.15) is 11.4 Å². The molecular weight excluding hydrogens is 359 g/mol. The molecule has 1 aliphatic rings. The van der Waals surface area contributed by atoms with Crippen molar-refractivity contribution in [3.63, 3.8) is 0 Å². The fourth-order valence-corrected chi connectivity index (χ4v) is 3.24. The number of likely N-dealkylation sites (tertiary alicyclic amines) is 1. The first-order valence-corrected chi connectivity index (χ1v) is 9.94. The van der Waals surface area contributed by atoms with Crippen LogP contribution >= 0.6 is 0 Å². The van der Waals surface area contributed by atoms with Crippen LogP contribution in [0.4, 0.5) is 9.18 Å². The van der Waals surface area contributed by atoms with Crippen LogP contribution < -0.4 is 10.6 Å². The van der Waals surface area contributed by atoms with Gasteiger partial charge in [-0.05, 0) is 63.6 Å². The third-order valence-electron chi connectivity index (χ3n) is 4.59. The van der Waals surface area contributed by atoms with Gasteiger partial charge in [-0.1, -0.05) is 12.1 Å². The summed E-state index contributed by atoms with van der Waals surface area (Å²) in [7, 11) is 1.71. The van der Waals surface area contributed by atoms with Crippen LogP contribution in [-0.2, 0) is 11.3 Å². The summed E-state index contributed by atoms with van der Waals surface area (Å²) < 4.78 is 18.7. The van der Waals surface area contributed by atoms with Gasteiger partial charge in [-0.25, -0.2) is 9.18 Å². The van der Waals surface area contributed by atoms with Gasteiger partial charge in [0.2, 0.25) is 0 Å². The molecule has 1 heterocycles. The van der Waals surface area contributed by atoms with Gasteiger partial charge in [-0.3, -0.25) is 4.99 Å². The number of piperidine rings is 1. The van der Waals surface area contributed by atoms with Gasteiger partial charge in [-0.15, -0.1) is 0 Å². The first-order chi connectivity index (χ1) is 13.3. The molecule has 2 N–H and O–H groups in total. The zero-order valence-corrected chi connectivity index (χ0v) is 17.4. The molecule has 1 amide bonds. The van der Waals surface area contributed by atoms with Crippen molar-refractivity contribution in [2.24, 2.45) is 10.9 Å². The monoisotopic (exact) mass is 392 g/mol. The molecule has 1 fully saturated rings. The first kappa shape index (κ1) is 22.0. The van der Waals surface area contributed by atoms with Gasteiger partial charge in [-0.2, -0.15) is 0 Å². The molecule has 1 aromatic carbocycles. The summed E-state index contributed by atoms with van der Waals surface area (Å²) in [6.45, 7) is 8.42. The molecule has 156 valence electrons. The van der Waals surface area contributed by atoms with Gasteiger partial charge in [0.15, 0.2) is 5.96 Å². The lowest BCUT2D eigenvalue weighted by molar-refractivity contribution is 0.0162. The zero-order chi connectivity index (χ0) is 20.6. The van der Waals surface area contributed by atoms with Crippen LogP contribution in [0.1, 0.15) is 45.6 Å². The fraction of sp³-hybridized carbons (Fsp3) is 0.619. The number of carbonyl (C=O) groups is 1. The van der Waals surface area contributed by atoms with E-state index in [1.807, 2.05) is 31.7 Å². The molecule has 28 heavy (non-hydrogen) atoms. The molecule has 0 radical (unpaired) electrons. The predicted octanol–water partition coefficient (Wildman–Crippen LogP) is 3.53. The Morgan fingerprint density at radius 1 is 1.36 bits per heavy atom. The Hall–Kier alpha value is -2.31. The Morgan fingerprint density at radius 3 is 2.82 bits per heavy atom. The van der Waals surface area contributed by atoms with Crippen molar-refractivity contribution in [1.29, 1.82) is 0 Å². The van der Waals surface area contributed by atoms with Crippen LogP contribution in [0.15, 0.2) is 29.3 Å². The van der Waals surface area contributed by atoms with E-state index < -0.39 is 5.60 Å². The number of halogens is 1. The topological polar surface area (TPSA) is 66.0 Å². The number of nitrogens with one attached hydrogen (secondary N) is 2.